The van der Waals surface area contributed by atoms with Gasteiger partial charge in [0.1, 0.15) is 5.82 Å². The molecular weight excluding hydrogens is 380 g/mol. The van der Waals surface area contributed by atoms with Crippen molar-refractivity contribution in [3.05, 3.63) is 35.6 Å². The molecule has 1 N–H and O–H groups in total. The van der Waals surface area contributed by atoms with Gasteiger partial charge in [-0.05, 0) is 49.4 Å². The molecule has 0 bridgehead atoms. The molecule has 6 nitrogen and oxygen atoms in total. The second-order valence-corrected chi connectivity index (χ2v) is 7.87. The Morgan fingerprint density at radius 2 is 1.97 bits per heavy atom. The van der Waals surface area contributed by atoms with Crippen molar-refractivity contribution in [3.8, 4) is 0 Å². The van der Waals surface area contributed by atoms with E-state index in [-0.39, 0.29) is 31.0 Å². The van der Waals surface area contributed by atoms with Crippen LogP contribution in [0.5, 0.6) is 0 Å². The Hall–Kier alpha value is -2.22. The van der Waals surface area contributed by atoms with Crippen molar-refractivity contribution in [1.29, 1.82) is 0 Å². The highest BCUT2D eigenvalue weighted by Crippen LogP contribution is 2.45. The number of alkyl halides is 1. The minimum Gasteiger partial charge on any atom is -0.483 e. The van der Waals surface area contributed by atoms with Crippen LogP contribution in [0.15, 0.2) is 24.3 Å². The third-order valence-corrected chi connectivity index (χ3v) is 5.67. The van der Waals surface area contributed by atoms with E-state index in [0.717, 1.165) is 38.0 Å². The molecule has 3 atom stereocenters. The van der Waals surface area contributed by atoms with Crippen molar-refractivity contribution in [2.75, 3.05) is 46.9 Å². The normalized spacial score (nSPS) is 23.3. The lowest BCUT2D eigenvalue weighted by Gasteiger charge is -2.32. The van der Waals surface area contributed by atoms with E-state index in [1.165, 1.54) is 6.07 Å². The first-order valence-corrected chi connectivity index (χ1v) is 10.0. The number of fused-ring (bicyclic) bond motifs is 1. The fourth-order valence-corrected chi connectivity index (χ4v) is 4.50. The van der Waals surface area contributed by atoms with E-state index in [4.69, 9.17) is 9.90 Å². The molecule has 1 aromatic carbocycles. The molecule has 2 amide bonds. The van der Waals surface area contributed by atoms with Crippen LogP contribution in [0, 0.1) is 17.7 Å². The Morgan fingerprint density at radius 1 is 1.24 bits per heavy atom. The van der Waals surface area contributed by atoms with E-state index >= 15 is 0 Å². The van der Waals surface area contributed by atoms with Gasteiger partial charge in [-0.15, -0.1) is 0 Å². The van der Waals surface area contributed by atoms with Gasteiger partial charge in [0, 0.05) is 39.6 Å². The summed E-state index contributed by atoms with van der Waals surface area (Å²) in [6.07, 6.45) is 2.56. The van der Waals surface area contributed by atoms with Gasteiger partial charge in [0.2, 0.25) is 0 Å². The lowest BCUT2D eigenvalue weighted by atomic mass is 9.89. The number of nitrogens with zero attached hydrogens (tertiary/aromatic N) is 3. The number of urea groups is 1. The average Bonchev–Trinajstić information content (AvgIpc) is 3.22. The summed E-state index contributed by atoms with van der Waals surface area (Å²) in [5.41, 5.74) is 0.881. The van der Waals surface area contributed by atoms with Crippen molar-refractivity contribution >= 4 is 12.5 Å². The van der Waals surface area contributed by atoms with Crippen LogP contribution < -0.4 is 0 Å². The van der Waals surface area contributed by atoms with Crippen LogP contribution in [0.1, 0.15) is 30.9 Å². The van der Waals surface area contributed by atoms with Gasteiger partial charge in [0.15, 0.2) is 0 Å². The maximum atomic E-state index is 13.8. The number of unbranched alkanes of at least 4 members (excludes halogenated alkanes) is 2. The van der Waals surface area contributed by atoms with Gasteiger partial charge >= 0.3 is 6.03 Å². The van der Waals surface area contributed by atoms with Gasteiger partial charge in [-0.2, -0.15) is 0 Å². The molecule has 0 aromatic heterocycles. The molecule has 2 heterocycles. The van der Waals surface area contributed by atoms with Gasteiger partial charge < -0.3 is 19.8 Å². The molecule has 29 heavy (non-hydrogen) atoms. The molecule has 0 spiro atoms. The van der Waals surface area contributed by atoms with Gasteiger partial charge in [0.05, 0.1) is 12.7 Å². The Kier molecular flexibility index (Phi) is 8.82. The summed E-state index contributed by atoms with van der Waals surface area (Å²) in [7, 11) is 3.52. The van der Waals surface area contributed by atoms with Gasteiger partial charge in [-0.1, -0.05) is 12.1 Å². The van der Waals surface area contributed by atoms with E-state index in [1.54, 1.807) is 31.1 Å². The van der Waals surface area contributed by atoms with Crippen molar-refractivity contribution in [2.45, 2.75) is 25.3 Å². The highest BCUT2D eigenvalue weighted by atomic mass is 19.1. The summed E-state index contributed by atoms with van der Waals surface area (Å²) < 4.78 is 26.1. The first-order valence-electron chi connectivity index (χ1n) is 10.0. The van der Waals surface area contributed by atoms with E-state index in [2.05, 4.69) is 4.90 Å². The number of hydrogen-bond donors (Lipinski definition) is 1. The Balaban J connectivity index is 0.000000941. The third kappa shape index (κ3) is 5.88. The molecular formula is C21H31F2N3O3. The number of halogens is 2. The molecule has 162 valence electrons. The van der Waals surface area contributed by atoms with Crippen LogP contribution in [0.4, 0.5) is 13.6 Å². The molecule has 0 unspecified atom stereocenters. The largest absolute Gasteiger partial charge is 0.483 e. The van der Waals surface area contributed by atoms with Crippen LogP contribution in [0.25, 0.3) is 0 Å². The monoisotopic (exact) mass is 411 g/mol. The number of likely N-dealkylation sites (tertiary alicyclic amines) is 2. The summed E-state index contributed by atoms with van der Waals surface area (Å²) in [5.74, 6) is 0.472. The molecule has 0 saturated carbocycles. The average molecular weight is 411 g/mol. The molecule has 2 fully saturated rings. The summed E-state index contributed by atoms with van der Waals surface area (Å²) >= 11 is 0. The molecule has 3 rings (SSSR count). The number of benzene rings is 1. The highest BCUT2D eigenvalue weighted by molar-refractivity contribution is 5.75. The molecule has 0 aliphatic carbocycles. The van der Waals surface area contributed by atoms with Crippen LogP contribution in [-0.2, 0) is 4.79 Å². The van der Waals surface area contributed by atoms with E-state index in [9.17, 15) is 13.6 Å². The predicted molar refractivity (Wildman–Crippen MR) is 107 cm³/mol. The third-order valence-electron chi connectivity index (χ3n) is 5.67. The van der Waals surface area contributed by atoms with E-state index in [1.807, 2.05) is 11.0 Å². The minimum atomic E-state index is -0.260. The number of rotatable bonds is 6. The zero-order valence-corrected chi connectivity index (χ0v) is 17.1. The number of carbonyl (C=O) groups excluding carboxylic acids is 1. The maximum absolute atomic E-state index is 13.8. The lowest BCUT2D eigenvalue weighted by Crippen LogP contribution is -2.41. The van der Waals surface area contributed by atoms with E-state index < -0.39 is 0 Å². The second-order valence-electron chi connectivity index (χ2n) is 7.87. The number of amides is 2. The van der Waals surface area contributed by atoms with Crippen LogP contribution in [-0.4, -0.2) is 79.3 Å². The summed E-state index contributed by atoms with van der Waals surface area (Å²) in [4.78, 5) is 27.0. The van der Waals surface area contributed by atoms with Crippen molar-refractivity contribution in [2.24, 2.45) is 11.8 Å². The first kappa shape index (κ1) is 23.1. The lowest BCUT2D eigenvalue weighted by molar-refractivity contribution is -0.122. The fourth-order valence-electron chi connectivity index (χ4n) is 4.50. The molecule has 2 aliphatic heterocycles. The Labute approximate surface area is 171 Å². The standard InChI is InChI=1S/C20H29F2N3O.CH2O2/c1-23(2)20(26)25-13-16-12-24(10-5-3-4-9-21)14-18(16)19(25)15-7-6-8-17(22)11-15;2-1-3/h6-8,11,16,18-19H,3-5,9-10,12-14H2,1-2H3;1H,(H,2,3)/t16-,18-,19-;/m1./s1. The summed E-state index contributed by atoms with van der Waals surface area (Å²) in [5, 5.41) is 6.89. The second kappa shape index (κ2) is 11.1. The summed E-state index contributed by atoms with van der Waals surface area (Å²) in [6, 6.07) is 6.56. The van der Waals surface area contributed by atoms with Gasteiger partial charge in [-0.25, -0.2) is 9.18 Å². The molecule has 1 aromatic rings. The minimum absolute atomic E-state index is 0.0110. The number of carboxylic acid groups (broad SMARTS) is 1. The molecule has 0 radical (unpaired) electrons. The number of hydrogen-bond acceptors (Lipinski definition) is 3. The zero-order valence-electron chi connectivity index (χ0n) is 17.1. The predicted octanol–water partition coefficient (Wildman–Crippen LogP) is 3.25. The first-order chi connectivity index (χ1) is 13.9. The van der Waals surface area contributed by atoms with Gasteiger partial charge in [-0.3, -0.25) is 9.18 Å². The van der Waals surface area contributed by atoms with Crippen molar-refractivity contribution in [1.82, 2.24) is 14.7 Å². The van der Waals surface area contributed by atoms with Crippen LogP contribution in [0.3, 0.4) is 0 Å². The Bertz CT molecular complexity index is 674. The Morgan fingerprint density at radius 3 is 2.59 bits per heavy atom. The fraction of sp³-hybridized carbons (Fsp3) is 0.619. The molecule has 8 heteroatoms. The SMILES string of the molecule is CN(C)C(=O)N1C[C@H]2CN(CCCCCF)C[C@H]2[C@H]1c1cccc(F)c1.O=CO. The zero-order chi connectivity index (χ0) is 21.4. The molecule has 2 saturated heterocycles. The van der Waals surface area contributed by atoms with Crippen LogP contribution in [0.2, 0.25) is 0 Å². The van der Waals surface area contributed by atoms with Crippen molar-refractivity contribution in [3.63, 3.8) is 0 Å². The quantitative estimate of drug-likeness (QED) is 0.577. The van der Waals surface area contributed by atoms with E-state index in [0.29, 0.717) is 24.8 Å². The molecule has 2 aliphatic rings. The summed E-state index contributed by atoms with van der Waals surface area (Å²) in [6.45, 7) is 3.07. The van der Waals surface area contributed by atoms with Crippen molar-refractivity contribution < 1.29 is 23.5 Å². The number of carbonyl (C=O) groups is 2. The topological polar surface area (TPSA) is 64.1 Å². The maximum Gasteiger partial charge on any atom is 0.320 e. The van der Waals surface area contributed by atoms with Crippen LogP contribution >= 0.6 is 0 Å². The van der Waals surface area contributed by atoms with Gasteiger partial charge in [0.25, 0.3) is 6.47 Å². The smallest absolute Gasteiger partial charge is 0.320 e. The highest BCUT2D eigenvalue weighted by Gasteiger charge is 2.49.